The minimum Gasteiger partial charge on any atom is -0.496 e. The Kier molecular flexibility index (Phi) is 5.78. The van der Waals surface area contributed by atoms with E-state index in [2.05, 4.69) is 0 Å². The van der Waals surface area contributed by atoms with Crippen LogP contribution < -0.4 is 9.64 Å². The zero-order valence-electron chi connectivity index (χ0n) is 14.5. The van der Waals surface area contributed by atoms with Crippen LogP contribution in [0.25, 0.3) is 0 Å². The van der Waals surface area contributed by atoms with Gasteiger partial charge in [0.25, 0.3) is 5.91 Å². The van der Waals surface area contributed by atoms with Gasteiger partial charge in [-0.25, -0.2) is 0 Å². The normalized spacial score (nSPS) is 13.1. The predicted octanol–water partition coefficient (Wildman–Crippen LogP) is 3.41. The van der Waals surface area contributed by atoms with Crippen LogP contribution in [0.1, 0.15) is 17.5 Å². The number of halogens is 1. The van der Waals surface area contributed by atoms with Crippen LogP contribution in [0.2, 0.25) is 5.02 Å². The van der Waals surface area contributed by atoms with Gasteiger partial charge < -0.3 is 14.4 Å². The third-order valence-corrected chi connectivity index (χ3v) is 4.58. The van der Waals surface area contributed by atoms with Gasteiger partial charge in [0.2, 0.25) is 0 Å². The number of hydrogen-bond acceptors (Lipinski definition) is 4. The van der Waals surface area contributed by atoms with E-state index in [-0.39, 0.29) is 18.9 Å². The van der Waals surface area contributed by atoms with E-state index in [9.17, 15) is 9.59 Å². The molecule has 0 saturated carbocycles. The molecule has 2 aromatic rings. The Hall–Kier alpha value is -2.53. The van der Waals surface area contributed by atoms with Crippen molar-refractivity contribution in [2.45, 2.75) is 19.3 Å². The summed E-state index contributed by atoms with van der Waals surface area (Å²) in [6.07, 6.45) is 1.85. The third-order valence-electron chi connectivity index (χ3n) is 4.35. The highest BCUT2D eigenvalue weighted by atomic mass is 35.5. The van der Waals surface area contributed by atoms with E-state index >= 15 is 0 Å². The molecule has 3 rings (SSSR count). The second-order valence-corrected chi connectivity index (χ2v) is 6.51. The summed E-state index contributed by atoms with van der Waals surface area (Å²) in [5, 5.41) is 0.509. The molecule has 0 aromatic heterocycles. The maximum absolute atomic E-state index is 12.5. The number of amides is 1. The van der Waals surface area contributed by atoms with E-state index in [4.69, 9.17) is 21.1 Å². The summed E-state index contributed by atoms with van der Waals surface area (Å²) in [5.74, 6) is -0.157. The van der Waals surface area contributed by atoms with Crippen LogP contribution in [0.4, 0.5) is 5.69 Å². The number of benzene rings is 2. The molecule has 0 saturated heterocycles. The zero-order chi connectivity index (χ0) is 18.5. The van der Waals surface area contributed by atoms with Crippen molar-refractivity contribution in [2.24, 2.45) is 0 Å². The van der Waals surface area contributed by atoms with Gasteiger partial charge in [-0.2, -0.15) is 0 Å². The summed E-state index contributed by atoms with van der Waals surface area (Å²) in [6.45, 7) is 0.353. The number of esters is 1. The maximum Gasteiger partial charge on any atom is 0.310 e. The van der Waals surface area contributed by atoms with Gasteiger partial charge in [0.15, 0.2) is 6.61 Å². The molecule has 0 N–H and O–H groups in total. The van der Waals surface area contributed by atoms with Crippen LogP contribution in [0.3, 0.4) is 0 Å². The molecule has 0 spiro atoms. The van der Waals surface area contributed by atoms with Crippen molar-refractivity contribution in [3.8, 4) is 5.75 Å². The van der Waals surface area contributed by atoms with E-state index in [0.29, 0.717) is 22.9 Å². The van der Waals surface area contributed by atoms with E-state index < -0.39 is 5.97 Å². The number of ether oxygens (including phenoxy) is 2. The van der Waals surface area contributed by atoms with Gasteiger partial charge in [-0.1, -0.05) is 29.8 Å². The molecule has 0 unspecified atom stereocenters. The smallest absolute Gasteiger partial charge is 0.310 e. The summed E-state index contributed by atoms with van der Waals surface area (Å²) >= 11 is 5.97. The average Bonchev–Trinajstić information content (AvgIpc) is 2.66. The van der Waals surface area contributed by atoms with Crippen LogP contribution in [0, 0.1) is 0 Å². The fourth-order valence-electron chi connectivity index (χ4n) is 3.10. The lowest BCUT2D eigenvalue weighted by Gasteiger charge is -2.29. The third kappa shape index (κ3) is 4.17. The Labute approximate surface area is 157 Å². The molecule has 2 aromatic carbocycles. The van der Waals surface area contributed by atoms with Crippen LogP contribution in [0.5, 0.6) is 5.75 Å². The summed E-state index contributed by atoms with van der Waals surface area (Å²) in [7, 11) is 1.52. The molecule has 136 valence electrons. The summed E-state index contributed by atoms with van der Waals surface area (Å²) in [5.41, 5.74) is 2.67. The second-order valence-electron chi connectivity index (χ2n) is 6.07. The fraction of sp³-hybridized carbons (Fsp3) is 0.300. The molecule has 0 fully saturated rings. The number of fused-ring (bicyclic) bond motifs is 1. The van der Waals surface area contributed by atoms with E-state index in [1.54, 1.807) is 23.1 Å². The number of para-hydroxylation sites is 1. The van der Waals surface area contributed by atoms with Gasteiger partial charge in [0.05, 0.1) is 13.5 Å². The number of carbonyl (C=O) groups is 2. The summed E-state index contributed by atoms with van der Waals surface area (Å²) in [6, 6.07) is 12.8. The molecular weight excluding hydrogens is 354 g/mol. The van der Waals surface area contributed by atoms with Crippen LogP contribution in [0.15, 0.2) is 42.5 Å². The number of methoxy groups -OCH3 is 1. The monoisotopic (exact) mass is 373 g/mol. The highest BCUT2D eigenvalue weighted by Gasteiger charge is 2.23. The van der Waals surface area contributed by atoms with Crippen molar-refractivity contribution in [3.05, 3.63) is 58.6 Å². The summed E-state index contributed by atoms with van der Waals surface area (Å²) < 4.78 is 10.4. The lowest BCUT2D eigenvalue weighted by Crippen LogP contribution is -2.38. The first-order valence-corrected chi connectivity index (χ1v) is 8.82. The SMILES string of the molecule is COc1ccc(Cl)cc1CC(=O)OCC(=O)N1CCCc2ccccc21. The standard InChI is InChI=1S/C20H20ClNO4/c1-25-18-9-8-16(21)11-15(18)12-20(24)26-13-19(23)22-10-4-6-14-5-2-3-7-17(14)22/h2-3,5,7-9,11H,4,6,10,12-13H2,1H3. The summed E-state index contributed by atoms with van der Waals surface area (Å²) in [4.78, 5) is 26.3. The Morgan fingerprint density at radius 2 is 2.00 bits per heavy atom. The largest absolute Gasteiger partial charge is 0.496 e. The molecule has 26 heavy (non-hydrogen) atoms. The van der Waals surface area contributed by atoms with Crippen molar-refractivity contribution in [3.63, 3.8) is 0 Å². The van der Waals surface area contributed by atoms with Crippen LogP contribution in [-0.2, 0) is 27.2 Å². The van der Waals surface area contributed by atoms with Crippen molar-refractivity contribution in [2.75, 3.05) is 25.2 Å². The van der Waals surface area contributed by atoms with E-state index in [1.165, 1.54) is 7.11 Å². The minimum atomic E-state index is -0.496. The van der Waals surface area contributed by atoms with Crippen molar-refractivity contribution >= 4 is 29.2 Å². The quantitative estimate of drug-likeness (QED) is 0.753. The predicted molar refractivity (Wildman–Crippen MR) is 99.8 cm³/mol. The molecule has 0 radical (unpaired) electrons. The molecule has 1 amide bonds. The Balaban J connectivity index is 1.60. The van der Waals surface area contributed by atoms with Gasteiger partial charge in [0, 0.05) is 22.8 Å². The van der Waals surface area contributed by atoms with Gasteiger partial charge in [-0.05, 0) is 42.7 Å². The van der Waals surface area contributed by atoms with Gasteiger partial charge in [-0.3, -0.25) is 9.59 Å². The molecule has 0 bridgehead atoms. The lowest BCUT2D eigenvalue weighted by atomic mass is 10.0. The highest BCUT2D eigenvalue weighted by Crippen LogP contribution is 2.27. The molecule has 1 heterocycles. The number of aryl methyl sites for hydroxylation is 1. The molecule has 6 heteroatoms. The number of hydrogen-bond donors (Lipinski definition) is 0. The average molecular weight is 374 g/mol. The Morgan fingerprint density at radius 3 is 2.81 bits per heavy atom. The van der Waals surface area contributed by atoms with E-state index in [0.717, 1.165) is 24.1 Å². The molecular formula is C20H20ClNO4. The Bertz CT molecular complexity index is 821. The number of anilines is 1. The molecule has 0 aliphatic carbocycles. The topological polar surface area (TPSA) is 55.8 Å². The maximum atomic E-state index is 12.5. The minimum absolute atomic E-state index is 0.00635. The Morgan fingerprint density at radius 1 is 1.19 bits per heavy atom. The number of rotatable bonds is 5. The van der Waals surface area contributed by atoms with Gasteiger partial charge >= 0.3 is 5.97 Å². The first kappa shape index (κ1) is 18.3. The zero-order valence-corrected chi connectivity index (χ0v) is 15.3. The van der Waals surface area contributed by atoms with E-state index in [1.807, 2.05) is 24.3 Å². The van der Waals surface area contributed by atoms with Crippen molar-refractivity contribution < 1.29 is 19.1 Å². The van der Waals surface area contributed by atoms with Gasteiger partial charge in [0.1, 0.15) is 5.75 Å². The number of nitrogens with zero attached hydrogens (tertiary/aromatic N) is 1. The van der Waals surface area contributed by atoms with Crippen molar-refractivity contribution in [1.82, 2.24) is 0 Å². The second kappa shape index (κ2) is 8.23. The number of carbonyl (C=O) groups excluding carboxylic acids is 2. The molecule has 1 aliphatic rings. The molecule has 1 aliphatic heterocycles. The van der Waals surface area contributed by atoms with Crippen molar-refractivity contribution in [1.29, 1.82) is 0 Å². The van der Waals surface area contributed by atoms with Crippen LogP contribution in [-0.4, -0.2) is 32.1 Å². The van der Waals surface area contributed by atoms with Crippen LogP contribution >= 0.6 is 11.6 Å². The lowest BCUT2D eigenvalue weighted by molar-refractivity contribution is -0.147. The fourth-order valence-corrected chi connectivity index (χ4v) is 3.30. The first-order chi connectivity index (χ1) is 12.6. The van der Waals surface area contributed by atoms with Gasteiger partial charge in [-0.15, -0.1) is 0 Å². The molecule has 5 nitrogen and oxygen atoms in total. The first-order valence-electron chi connectivity index (χ1n) is 8.45. The molecule has 0 atom stereocenters. The highest BCUT2D eigenvalue weighted by molar-refractivity contribution is 6.30.